The summed E-state index contributed by atoms with van der Waals surface area (Å²) < 4.78 is 9.28. The summed E-state index contributed by atoms with van der Waals surface area (Å²) in [7, 11) is 2.39. The van der Waals surface area contributed by atoms with E-state index in [-0.39, 0.29) is 22.5 Å². The van der Waals surface area contributed by atoms with E-state index >= 15 is 0 Å². The Balaban J connectivity index is 2.50. The van der Waals surface area contributed by atoms with Crippen molar-refractivity contribution < 1.29 is 23.9 Å². The number of hydrogen-bond acceptors (Lipinski definition) is 6. The molecule has 2 rings (SSSR count). The molecule has 0 fully saturated rings. The monoisotopic (exact) mass is 313 g/mol. The third-order valence-corrected chi connectivity index (χ3v) is 3.24. The Bertz CT molecular complexity index is 782. The van der Waals surface area contributed by atoms with Gasteiger partial charge in [-0.05, 0) is 24.3 Å². The molecular weight excluding hydrogens is 298 g/mol. The SMILES string of the molecule is COC(=O)c1ccc(C(=O)c2cccc(N)c2)cc1C(=O)OC. The van der Waals surface area contributed by atoms with Gasteiger partial charge in [0.2, 0.25) is 0 Å². The highest BCUT2D eigenvalue weighted by molar-refractivity contribution is 6.12. The van der Waals surface area contributed by atoms with Gasteiger partial charge in [0, 0.05) is 16.8 Å². The molecule has 6 nitrogen and oxygen atoms in total. The van der Waals surface area contributed by atoms with Crippen LogP contribution in [0.3, 0.4) is 0 Å². The molecule has 0 aliphatic heterocycles. The highest BCUT2D eigenvalue weighted by atomic mass is 16.5. The van der Waals surface area contributed by atoms with Crippen LogP contribution in [0.15, 0.2) is 42.5 Å². The van der Waals surface area contributed by atoms with Gasteiger partial charge in [0.15, 0.2) is 5.78 Å². The third-order valence-electron chi connectivity index (χ3n) is 3.24. The zero-order valence-electron chi connectivity index (χ0n) is 12.7. The molecule has 0 atom stereocenters. The van der Waals surface area contributed by atoms with Crippen molar-refractivity contribution >= 4 is 23.4 Å². The number of nitrogens with two attached hydrogens (primary N) is 1. The molecule has 6 heteroatoms. The quantitative estimate of drug-likeness (QED) is 0.527. The van der Waals surface area contributed by atoms with Crippen molar-refractivity contribution in [3.8, 4) is 0 Å². The van der Waals surface area contributed by atoms with Crippen molar-refractivity contribution in [2.75, 3.05) is 20.0 Å². The Kier molecular flexibility index (Phi) is 4.75. The Morgan fingerprint density at radius 1 is 0.826 bits per heavy atom. The Morgan fingerprint density at radius 3 is 2.04 bits per heavy atom. The van der Waals surface area contributed by atoms with E-state index in [0.717, 1.165) is 0 Å². The van der Waals surface area contributed by atoms with E-state index in [4.69, 9.17) is 5.73 Å². The lowest BCUT2D eigenvalue weighted by Gasteiger charge is -2.09. The maximum Gasteiger partial charge on any atom is 0.338 e. The maximum absolute atomic E-state index is 12.5. The van der Waals surface area contributed by atoms with Gasteiger partial charge in [-0.1, -0.05) is 18.2 Å². The number of carbonyl (C=O) groups excluding carboxylic acids is 3. The summed E-state index contributed by atoms with van der Waals surface area (Å²) >= 11 is 0. The summed E-state index contributed by atoms with van der Waals surface area (Å²) in [5.74, 6) is -1.74. The van der Waals surface area contributed by atoms with Crippen LogP contribution < -0.4 is 5.73 Å². The number of carbonyl (C=O) groups is 3. The van der Waals surface area contributed by atoms with E-state index < -0.39 is 11.9 Å². The first-order valence-electron chi connectivity index (χ1n) is 6.69. The minimum atomic E-state index is -0.729. The van der Waals surface area contributed by atoms with Crippen LogP contribution in [0.2, 0.25) is 0 Å². The van der Waals surface area contributed by atoms with Crippen LogP contribution in [0.5, 0.6) is 0 Å². The van der Waals surface area contributed by atoms with Crippen LogP contribution in [0.4, 0.5) is 5.69 Å². The van der Waals surface area contributed by atoms with Crippen LogP contribution >= 0.6 is 0 Å². The van der Waals surface area contributed by atoms with E-state index in [2.05, 4.69) is 9.47 Å². The summed E-state index contributed by atoms with van der Waals surface area (Å²) in [6.45, 7) is 0. The van der Waals surface area contributed by atoms with Crippen molar-refractivity contribution in [1.29, 1.82) is 0 Å². The summed E-state index contributed by atoms with van der Waals surface area (Å²) in [4.78, 5) is 36.1. The molecule has 0 saturated heterocycles. The number of ether oxygens (including phenoxy) is 2. The van der Waals surface area contributed by atoms with Gasteiger partial charge in [-0.15, -0.1) is 0 Å². The van der Waals surface area contributed by atoms with Crippen molar-refractivity contribution in [3.63, 3.8) is 0 Å². The Labute approximate surface area is 132 Å². The fourth-order valence-electron chi connectivity index (χ4n) is 2.10. The third kappa shape index (κ3) is 3.37. The molecule has 2 N–H and O–H groups in total. The first-order chi connectivity index (χ1) is 11.0. The smallest absolute Gasteiger partial charge is 0.338 e. The van der Waals surface area contributed by atoms with E-state index in [1.807, 2.05) is 0 Å². The van der Waals surface area contributed by atoms with E-state index in [9.17, 15) is 14.4 Å². The molecule has 2 aromatic carbocycles. The van der Waals surface area contributed by atoms with Crippen LogP contribution in [0.1, 0.15) is 36.6 Å². The van der Waals surface area contributed by atoms with E-state index in [1.54, 1.807) is 18.2 Å². The first-order valence-corrected chi connectivity index (χ1v) is 6.69. The predicted octanol–water partition coefficient (Wildman–Crippen LogP) is 2.07. The Hall–Kier alpha value is -3.15. The van der Waals surface area contributed by atoms with Gasteiger partial charge in [0.05, 0.1) is 25.3 Å². The number of methoxy groups -OCH3 is 2. The van der Waals surface area contributed by atoms with Crippen LogP contribution in [0.25, 0.3) is 0 Å². The lowest BCUT2D eigenvalue weighted by molar-refractivity contribution is 0.0555. The fourth-order valence-corrected chi connectivity index (χ4v) is 2.10. The number of benzene rings is 2. The van der Waals surface area contributed by atoms with Crippen LogP contribution in [-0.4, -0.2) is 31.9 Å². The van der Waals surface area contributed by atoms with Crippen LogP contribution in [-0.2, 0) is 9.47 Å². The summed E-state index contributed by atoms with van der Waals surface area (Å²) in [5.41, 5.74) is 6.74. The number of esters is 2. The topological polar surface area (TPSA) is 95.7 Å². The molecule has 0 aliphatic carbocycles. The van der Waals surface area contributed by atoms with Crippen molar-refractivity contribution in [1.82, 2.24) is 0 Å². The Morgan fingerprint density at radius 2 is 1.43 bits per heavy atom. The molecule has 0 aliphatic rings. The van der Waals surface area contributed by atoms with Gasteiger partial charge >= 0.3 is 11.9 Å². The first kappa shape index (κ1) is 16.2. The van der Waals surface area contributed by atoms with Crippen molar-refractivity contribution in [2.45, 2.75) is 0 Å². The second-order valence-electron chi connectivity index (χ2n) is 4.70. The normalized spacial score (nSPS) is 10.0. The van der Waals surface area contributed by atoms with Gasteiger partial charge in [-0.3, -0.25) is 4.79 Å². The fraction of sp³-hybridized carbons (Fsp3) is 0.118. The molecule has 0 radical (unpaired) electrons. The highest BCUT2D eigenvalue weighted by Gasteiger charge is 2.21. The molecule has 0 spiro atoms. The van der Waals surface area contributed by atoms with Gasteiger partial charge < -0.3 is 15.2 Å². The molecule has 0 unspecified atom stereocenters. The minimum absolute atomic E-state index is 0.0310. The molecule has 118 valence electrons. The molecule has 0 heterocycles. The standard InChI is InChI=1S/C17H15NO5/c1-22-16(20)13-7-6-11(9-14(13)17(21)23-2)15(19)10-4-3-5-12(18)8-10/h3-9H,18H2,1-2H3. The number of anilines is 1. The maximum atomic E-state index is 12.5. The zero-order valence-corrected chi connectivity index (χ0v) is 12.7. The lowest BCUT2D eigenvalue weighted by atomic mass is 9.98. The number of hydrogen-bond donors (Lipinski definition) is 1. The second kappa shape index (κ2) is 6.74. The largest absolute Gasteiger partial charge is 0.465 e. The van der Waals surface area contributed by atoms with Crippen molar-refractivity contribution in [2.24, 2.45) is 0 Å². The molecule has 0 amide bonds. The predicted molar refractivity (Wildman–Crippen MR) is 83.4 cm³/mol. The molecule has 0 aromatic heterocycles. The van der Waals surface area contributed by atoms with Gasteiger partial charge in [-0.2, -0.15) is 0 Å². The van der Waals surface area contributed by atoms with Gasteiger partial charge in [0.25, 0.3) is 0 Å². The summed E-state index contributed by atoms with van der Waals surface area (Å²) in [6, 6.07) is 10.6. The molecular formula is C17H15NO5. The summed E-state index contributed by atoms with van der Waals surface area (Å²) in [6.07, 6.45) is 0. The number of ketones is 1. The average molecular weight is 313 g/mol. The van der Waals surface area contributed by atoms with E-state index in [1.165, 1.54) is 38.5 Å². The zero-order chi connectivity index (χ0) is 17.0. The summed E-state index contributed by atoms with van der Waals surface area (Å²) in [5, 5.41) is 0. The van der Waals surface area contributed by atoms with Gasteiger partial charge in [0.1, 0.15) is 0 Å². The van der Waals surface area contributed by atoms with Crippen molar-refractivity contribution in [3.05, 3.63) is 64.7 Å². The molecule has 0 bridgehead atoms. The molecule has 23 heavy (non-hydrogen) atoms. The average Bonchev–Trinajstić information content (AvgIpc) is 2.59. The molecule has 0 saturated carbocycles. The van der Waals surface area contributed by atoms with E-state index in [0.29, 0.717) is 11.3 Å². The minimum Gasteiger partial charge on any atom is -0.465 e. The molecule has 2 aromatic rings. The second-order valence-corrected chi connectivity index (χ2v) is 4.70. The number of nitrogen functional groups attached to an aromatic ring is 1. The van der Waals surface area contributed by atoms with Gasteiger partial charge in [-0.25, -0.2) is 9.59 Å². The highest BCUT2D eigenvalue weighted by Crippen LogP contribution is 2.18. The lowest BCUT2D eigenvalue weighted by Crippen LogP contribution is -2.13. The van der Waals surface area contributed by atoms with Crippen LogP contribution in [0, 0.1) is 0 Å². The number of rotatable bonds is 4.